The van der Waals surface area contributed by atoms with Gasteiger partial charge in [-0.1, -0.05) is 19.1 Å². The van der Waals surface area contributed by atoms with Gasteiger partial charge in [-0.2, -0.15) is 0 Å². The van der Waals surface area contributed by atoms with Crippen molar-refractivity contribution in [2.24, 2.45) is 0 Å². The zero-order chi connectivity index (χ0) is 17.9. The topological polar surface area (TPSA) is 59.1 Å². The normalized spacial score (nSPS) is 11.8. The summed E-state index contributed by atoms with van der Waals surface area (Å²) in [7, 11) is -3.52. The minimum Gasteiger partial charge on any atom is -0.240 e. The maximum Gasteiger partial charge on any atom is 0.250 e. The fourth-order valence-corrected chi connectivity index (χ4v) is 5.91. The second kappa shape index (κ2) is 8.01. The molecule has 1 aromatic carbocycles. The molecule has 25 heavy (non-hydrogen) atoms. The van der Waals surface area contributed by atoms with E-state index in [4.69, 9.17) is 0 Å². The number of thioether (sulfide) groups is 1. The molecular formula is C17H18N2O2S4. The molecule has 0 unspecified atom stereocenters. The first-order valence-corrected chi connectivity index (χ1v) is 12.1. The van der Waals surface area contributed by atoms with Crippen LogP contribution >= 0.6 is 34.4 Å². The second-order valence-corrected chi connectivity index (χ2v) is 10.1. The molecule has 0 radical (unpaired) electrons. The fourth-order valence-electron chi connectivity index (χ4n) is 2.15. The summed E-state index contributed by atoms with van der Waals surface area (Å²) in [4.78, 5) is 6.56. The predicted molar refractivity (Wildman–Crippen MR) is 107 cm³/mol. The fraction of sp³-hybridized carbons (Fsp3) is 0.235. The van der Waals surface area contributed by atoms with E-state index in [9.17, 15) is 8.42 Å². The van der Waals surface area contributed by atoms with Crippen LogP contribution in [0.4, 0.5) is 0 Å². The lowest BCUT2D eigenvalue weighted by Gasteiger charge is -2.05. The molecule has 3 aromatic rings. The van der Waals surface area contributed by atoms with Gasteiger partial charge in [0.15, 0.2) is 0 Å². The Bertz CT molecular complexity index is 943. The maximum absolute atomic E-state index is 12.5. The van der Waals surface area contributed by atoms with Crippen molar-refractivity contribution in [3.05, 3.63) is 53.0 Å². The second-order valence-electron chi connectivity index (χ2n) is 5.29. The van der Waals surface area contributed by atoms with Gasteiger partial charge in [0.1, 0.15) is 9.22 Å². The zero-order valence-electron chi connectivity index (χ0n) is 13.9. The van der Waals surface area contributed by atoms with Crippen LogP contribution in [0.15, 0.2) is 50.9 Å². The van der Waals surface area contributed by atoms with Crippen molar-refractivity contribution in [1.82, 2.24) is 9.71 Å². The Balaban J connectivity index is 1.71. The Hall–Kier alpha value is -1.19. The molecule has 0 fully saturated rings. The van der Waals surface area contributed by atoms with E-state index in [0.717, 1.165) is 32.5 Å². The predicted octanol–water partition coefficient (Wildman–Crippen LogP) is 4.63. The van der Waals surface area contributed by atoms with Crippen molar-refractivity contribution in [3.63, 3.8) is 0 Å². The number of aryl methyl sites for hydroxylation is 1. The summed E-state index contributed by atoms with van der Waals surface area (Å²) in [5.41, 5.74) is 1.97. The largest absolute Gasteiger partial charge is 0.250 e. The summed E-state index contributed by atoms with van der Waals surface area (Å²) in [6.45, 7) is 2.33. The van der Waals surface area contributed by atoms with Crippen molar-refractivity contribution in [2.75, 3.05) is 6.26 Å². The zero-order valence-corrected chi connectivity index (χ0v) is 17.1. The average molecular weight is 411 g/mol. The van der Waals surface area contributed by atoms with Crippen LogP contribution in [0.3, 0.4) is 0 Å². The number of thiophene rings is 1. The van der Waals surface area contributed by atoms with Crippen LogP contribution in [0.1, 0.15) is 18.2 Å². The standard InChI is InChI=1S/C17H18N2O2S4/c1-3-13-11-23-17(19-13)15-8-9-16(24-15)25(20,21)18-10-12-4-6-14(22-2)7-5-12/h4-9,11,18H,3,10H2,1-2H3. The molecule has 0 aliphatic heterocycles. The first kappa shape index (κ1) is 18.6. The number of nitrogens with zero attached hydrogens (tertiary/aromatic N) is 1. The van der Waals surface area contributed by atoms with Gasteiger partial charge in [0.2, 0.25) is 10.0 Å². The highest BCUT2D eigenvalue weighted by Gasteiger charge is 2.18. The minimum atomic E-state index is -3.52. The van der Waals surface area contributed by atoms with Gasteiger partial charge in [0.25, 0.3) is 0 Å². The highest BCUT2D eigenvalue weighted by atomic mass is 32.2. The van der Waals surface area contributed by atoms with E-state index in [1.807, 2.05) is 42.0 Å². The van der Waals surface area contributed by atoms with Gasteiger partial charge >= 0.3 is 0 Å². The minimum absolute atomic E-state index is 0.279. The average Bonchev–Trinajstić information content (AvgIpc) is 3.29. The van der Waals surface area contributed by atoms with Crippen molar-refractivity contribution in [2.45, 2.75) is 29.0 Å². The lowest BCUT2D eigenvalue weighted by atomic mass is 10.2. The number of sulfonamides is 1. The van der Waals surface area contributed by atoms with Crippen LogP contribution in [0.5, 0.6) is 0 Å². The SMILES string of the molecule is CCc1csc(-c2ccc(S(=O)(=O)NCc3ccc(SC)cc3)s2)n1. The smallest absolute Gasteiger partial charge is 0.240 e. The molecule has 0 amide bonds. The maximum atomic E-state index is 12.5. The Morgan fingerprint density at radius 2 is 1.92 bits per heavy atom. The van der Waals surface area contributed by atoms with Gasteiger partial charge in [-0.25, -0.2) is 18.1 Å². The summed E-state index contributed by atoms with van der Waals surface area (Å²) >= 11 is 4.46. The van der Waals surface area contributed by atoms with Gasteiger partial charge < -0.3 is 0 Å². The van der Waals surface area contributed by atoms with E-state index in [1.165, 1.54) is 11.3 Å². The number of thiazole rings is 1. The van der Waals surface area contributed by atoms with Crippen LogP contribution in [-0.4, -0.2) is 19.7 Å². The number of hydrogen-bond acceptors (Lipinski definition) is 6. The van der Waals surface area contributed by atoms with Crippen molar-refractivity contribution < 1.29 is 8.42 Å². The van der Waals surface area contributed by atoms with E-state index in [0.29, 0.717) is 4.21 Å². The van der Waals surface area contributed by atoms with Gasteiger partial charge in [-0.3, -0.25) is 0 Å². The van der Waals surface area contributed by atoms with Crippen molar-refractivity contribution in [3.8, 4) is 9.88 Å². The molecule has 3 rings (SSSR count). The molecule has 132 valence electrons. The van der Waals surface area contributed by atoms with E-state index >= 15 is 0 Å². The molecule has 0 saturated heterocycles. The van der Waals surface area contributed by atoms with Crippen molar-refractivity contribution >= 4 is 44.5 Å². The van der Waals surface area contributed by atoms with E-state index in [2.05, 4.69) is 16.6 Å². The Labute approximate surface area is 160 Å². The Morgan fingerprint density at radius 3 is 2.56 bits per heavy atom. The number of aromatic nitrogens is 1. The summed E-state index contributed by atoms with van der Waals surface area (Å²) in [5.74, 6) is 0. The monoisotopic (exact) mass is 410 g/mol. The van der Waals surface area contributed by atoms with Crippen molar-refractivity contribution in [1.29, 1.82) is 0 Å². The molecule has 8 heteroatoms. The molecule has 0 aliphatic rings. The lowest BCUT2D eigenvalue weighted by Crippen LogP contribution is -2.22. The van der Waals surface area contributed by atoms with Gasteiger partial charge in [-0.05, 0) is 42.5 Å². The Kier molecular flexibility index (Phi) is 5.96. The lowest BCUT2D eigenvalue weighted by molar-refractivity contribution is 0.583. The molecule has 2 aromatic heterocycles. The summed E-state index contributed by atoms with van der Waals surface area (Å²) in [6, 6.07) is 11.3. The number of rotatable bonds is 7. The van der Waals surface area contributed by atoms with E-state index in [1.54, 1.807) is 29.2 Å². The van der Waals surface area contributed by atoms with Crippen LogP contribution < -0.4 is 4.72 Å². The van der Waals surface area contributed by atoms with Crippen LogP contribution in [-0.2, 0) is 23.0 Å². The van der Waals surface area contributed by atoms with Crippen LogP contribution in [0, 0.1) is 0 Å². The first-order chi connectivity index (χ1) is 12.0. The van der Waals surface area contributed by atoms with Crippen LogP contribution in [0.2, 0.25) is 0 Å². The molecule has 0 atom stereocenters. The van der Waals surface area contributed by atoms with Gasteiger partial charge in [0.05, 0.1) is 10.6 Å². The highest BCUT2D eigenvalue weighted by Crippen LogP contribution is 2.32. The molecular weight excluding hydrogens is 392 g/mol. The third-order valence-electron chi connectivity index (χ3n) is 3.60. The highest BCUT2D eigenvalue weighted by molar-refractivity contribution is 7.98. The summed E-state index contributed by atoms with van der Waals surface area (Å²) in [6.07, 6.45) is 2.89. The van der Waals surface area contributed by atoms with Gasteiger partial charge in [0, 0.05) is 16.8 Å². The summed E-state index contributed by atoms with van der Waals surface area (Å²) in [5, 5.41) is 2.88. The first-order valence-electron chi connectivity index (χ1n) is 7.69. The number of nitrogens with one attached hydrogen (secondary N) is 1. The summed E-state index contributed by atoms with van der Waals surface area (Å²) < 4.78 is 28.0. The molecule has 0 bridgehead atoms. The molecule has 1 N–H and O–H groups in total. The van der Waals surface area contributed by atoms with E-state index in [-0.39, 0.29) is 6.54 Å². The molecule has 0 aliphatic carbocycles. The molecule has 0 saturated carbocycles. The molecule has 2 heterocycles. The third kappa shape index (κ3) is 4.51. The number of benzene rings is 1. The Morgan fingerprint density at radius 1 is 1.16 bits per heavy atom. The third-order valence-corrected chi connectivity index (χ3v) is 8.38. The quantitative estimate of drug-likeness (QED) is 0.577. The molecule has 4 nitrogen and oxygen atoms in total. The van der Waals surface area contributed by atoms with Gasteiger partial charge in [-0.15, -0.1) is 34.4 Å². The van der Waals surface area contributed by atoms with Crippen LogP contribution in [0.25, 0.3) is 9.88 Å². The molecule has 0 spiro atoms. The number of hydrogen-bond donors (Lipinski definition) is 1. The van der Waals surface area contributed by atoms with E-state index < -0.39 is 10.0 Å².